The van der Waals surface area contributed by atoms with E-state index in [0.717, 1.165) is 33.2 Å². The maximum absolute atomic E-state index is 10.5. The van der Waals surface area contributed by atoms with E-state index in [1.54, 1.807) is 12.3 Å². The largest absolute Gasteiger partial charge is 0.506 e. The number of phenolic OH excluding ortho intramolecular Hbond substituents is 1. The van der Waals surface area contributed by atoms with E-state index < -0.39 is 0 Å². The van der Waals surface area contributed by atoms with Crippen LogP contribution < -0.4 is 0 Å². The van der Waals surface area contributed by atoms with Gasteiger partial charge in [0, 0.05) is 39.1 Å². The molecule has 0 saturated carbocycles. The summed E-state index contributed by atoms with van der Waals surface area (Å²) in [5.41, 5.74) is 15.6. The van der Waals surface area contributed by atoms with Gasteiger partial charge in [-0.15, -0.1) is 0 Å². The SMILES string of the molecule is CC1(C)c2cc(-c3nc(-c4ccccc4)nc(-c4ccccc4)n3)ccc2-c2ccc3c(c21)C(C)(C)c1cc(-c2ccc(O)c4ncccc24)ccc1-3. The summed E-state index contributed by atoms with van der Waals surface area (Å²) in [5.74, 6) is 2.17. The first-order chi connectivity index (χ1) is 25.7. The van der Waals surface area contributed by atoms with E-state index in [-0.39, 0.29) is 16.6 Å². The lowest BCUT2D eigenvalue weighted by Gasteiger charge is -2.31. The Hall–Kier alpha value is -6.46. The third-order valence-electron chi connectivity index (χ3n) is 11.4. The number of aromatic nitrogens is 4. The molecule has 53 heavy (non-hydrogen) atoms. The van der Waals surface area contributed by atoms with E-state index in [0.29, 0.717) is 23.0 Å². The van der Waals surface area contributed by atoms with Gasteiger partial charge in [0.25, 0.3) is 0 Å². The smallest absolute Gasteiger partial charge is 0.164 e. The molecule has 8 aromatic rings. The summed E-state index contributed by atoms with van der Waals surface area (Å²) in [4.78, 5) is 19.5. The molecule has 0 spiro atoms. The van der Waals surface area contributed by atoms with Crippen molar-refractivity contribution in [1.29, 1.82) is 0 Å². The van der Waals surface area contributed by atoms with Gasteiger partial charge in [-0.2, -0.15) is 0 Å². The van der Waals surface area contributed by atoms with Crippen molar-refractivity contribution in [1.82, 2.24) is 19.9 Å². The van der Waals surface area contributed by atoms with E-state index in [9.17, 15) is 5.11 Å². The van der Waals surface area contributed by atoms with Crippen molar-refractivity contribution in [3.05, 3.63) is 162 Å². The van der Waals surface area contributed by atoms with Crippen molar-refractivity contribution in [3.8, 4) is 73.3 Å². The van der Waals surface area contributed by atoms with E-state index in [1.807, 2.05) is 78.9 Å². The third kappa shape index (κ3) is 4.63. The number of benzene rings is 6. The Morgan fingerprint density at radius 3 is 1.47 bits per heavy atom. The normalized spacial score (nSPS) is 14.4. The molecule has 0 fully saturated rings. The van der Waals surface area contributed by atoms with Crippen LogP contribution in [0, 0.1) is 0 Å². The van der Waals surface area contributed by atoms with Gasteiger partial charge < -0.3 is 5.11 Å². The highest BCUT2D eigenvalue weighted by molar-refractivity contribution is 5.99. The Balaban J connectivity index is 1.09. The third-order valence-corrected chi connectivity index (χ3v) is 11.4. The molecule has 2 heterocycles. The summed E-state index contributed by atoms with van der Waals surface area (Å²) >= 11 is 0. The van der Waals surface area contributed by atoms with Gasteiger partial charge in [0.05, 0.1) is 0 Å². The van der Waals surface area contributed by atoms with Crippen LogP contribution in [0.3, 0.4) is 0 Å². The van der Waals surface area contributed by atoms with Crippen molar-refractivity contribution in [3.63, 3.8) is 0 Å². The maximum atomic E-state index is 10.5. The summed E-state index contributed by atoms with van der Waals surface area (Å²) in [5, 5.41) is 11.5. The molecule has 6 aromatic carbocycles. The van der Waals surface area contributed by atoms with E-state index in [1.165, 1.54) is 44.5 Å². The number of aromatic hydroxyl groups is 1. The van der Waals surface area contributed by atoms with Crippen LogP contribution in [0.25, 0.3) is 78.4 Å². The highest BCUT2D eigenvalue weighted by Gasteiger charge is 2.46. The Kier molecular flexibility index (Phi) is 6.65. The average Bonchev–Trinajstić information content (AvgIpc) is 3.57. The molecule has 2 aliphatic rings. The Labute approximate surface area is 308 Å². The number of pyridine rings is 1. The molecule has 0 bridgehead atoms. The fraction of sp³-hybridized carbons (Fsp3) is 0.125. The van der Waals surface area contributed by atoms with Crippen LogP contribution in [0.5, 0.6) is 5.75 Å². The van der Waals surface area contributed by atoms with Gasteiger partial charge in [-0.05, 0) is 86.0 Å². The van der Waals surface area contributed by atoms with Gasteiger partial charge >= 0.3 is 0 Å². The second-order valence-corrected chi connectivity index (χ2v) is 15.3. The highest BCUT2D eigenvalue weighted by atomic mass is 16.3. The first-order valence-corrected chi connectivity index (χ1v) is 18.1. The molecule has 5 heteroatoms. The second-order valence-electron chi connectivity index (χ2n) is 15.3. The first kappa shape index (κ1) is 31.3. The molecular weight excluding hydrogens is 649 g/mol. The lowest BCUT2D eigenvalue weighted by atomic mass is 9.72. The van der Waals surface area contributed by atoms with Crippen molar-refractivity contribution in [2.45, 2.75) is 38.5 Å². The molecule has 0 aliphatic heterocycles. The van der Waals surface area contributed by atoms with Gasteiger partial charge in [-0.25, -0.2) is 15.0 Å². The van der Waals surface area contributed by atoms with Crippen molar-refractivity contribution >= 4 is 10.9 Å². The quantitative estimate of drug-likeness (QED) is 0.200. The molecular formula is C48H36N4O. The zero-order chi connectivity index (χ0) is 36.1. The molecule has 0 radical (unpaired) electrons. The van der Waals surface area contributed by atoms with E-state index in [4.69, 9.17) is 15.0 Å². The standard InChI is InChI=1S/C48H36N4O/c1-47(2)38-26-30(32-23-24-40(53)43-37(32)16-11-25-49-43)17-19-33(38)35-21-22-36-34-20-18-31(27-39(34)48(3,4)42(36)41(35)47)46-51-44(28-12-7-5-8-13-28)50-45(52-46)29-14-9-6-10-15-29/h5-27,53H,1-4H3. The van der Waals surface area contributed by atoms with Crippen LogP contribution in [-0.4, -0.2) is 25.0 Å². The molecule has 2 aliphatic carbocycles. The topological polar surface area (TPSA) is 71.8 Å². The molecule has 2 aromatic heterocycles. The summed E-state index contributed by atoms with van der Waals surface area (Å²) in [6.07, 6.45) is 1.73. The molecule has 0 amide bonds. The van der Waals surface area contributed by atoms with Crippen LogP contribution in [0.15, 0.2) is 140 Å². The molecule has 1 N–H and O–H groups in total. The number of phenols is 1. The highest BCUT2D eigenvalue weighted by Crippen LogP contribution is 2.59. The zero-order valence-corrected chi connectivity index (χ0v) is 30.0. The number of hydrogen-bond donors (Lipinski definition) is 1. The van der Waals surface area contributed by atoms with Gasteiger partial charge in [0.15, 0.2) is 17.5 Å². The minimum atomic E-state index is -0.273. The fourth-order valence-electron chi connectivity index (χ4n) is 8.87. The average molecular weight is 685 g/mol. The van der Waals surface area contributed by atoms with Crippen molar-refractivity contribution in [2.75, 3.05) is 0 Å². The van der Waals surface area contributed by atoms with E-state index in [2.05, 4.69) is 81.2 Å². The van der Waals surface area contributed by atoms with Crippen LogP contribution >= 0.6 is 0 Å². The first-order valence-electron chi connectivity index (χ1n) is 18.1. The molecule has 10 rings (SSSR count). The second kappa shape index (κ2) is 11.3. The lowest BCUT2D eigenvalue weighted by Crippen LogP contribution is -2.24. The minimum absolute atomic E-state index is 0.197. The predicted molar refractivity (Wildman–Crippen MR) is 214 cm³/mol. The van der Waals surface area contributed by atoms with Crippen molar-refractivity contribution < 1.29 is 5.11 Å². The van der Waals surface area contributed by atoms with Crippen LogP contribution in [0.4, 0.5) is 0 Å². The van der Waals surface area contributed by atoms with Gasteiger partial charge in [-0.1, -0.05) is 131 Å². The van der Waals surface area contributed by atoms with Gasteiger partial charge in [-0.3, -0.25) is 4.98 Å². The van der Waals surface area contributed by atoms with Gasteiger partial charge in [0.1, 0.15) is 11.3 Å². The monoisotopic (exact) mass is 684 g/mol. The molecule has 5 nitrogen and oxygen atoms in total. The fourth-order valence-corrected chi connectivity index (χ4v) is 8.87. The summed E-state index contributed by atoms with van der Waals surface area (Å²) < 4.78 is 0. The number of fused-ring (bicyclic) bond motifs is 8. The summed E-state index contributed by atoms with van der Waals surface area (Å²) in [7, 11) is 0. The Bertz CT molecular complexity index is 2730. The van der Waals surface area contributed by atoms with Crippen molar-refractivity contribution in [2.24, 2.45) is 0 Å². The van der Waals surface area contributed by atoms with Crippen LogP contribution in [0.1, 0.15) is 49.9 Å². The molecule has 0 saturated heterocycles. The van der Waals surface area contributed by atoms with E-state index >= 15 is 0 Å². The minimum Gasteiger partial charge on any atom is -0.506 e. The number of nitrogens with zero attached hydrogens (tertiary/aromatic N) is 4. The summed E-state index contributed by atoms with van der Waals surface area (Å²) in [6.45, 7) is 9.45. The maximum Gasteiger partial charge on any atom is 0.164 e. The Morgan fingerprint density at radius 2 is 0.906 bits per heavy atom. The molecule has 0 atom stereocenters. The molecule has 254 valence electrons. The Morgan fingerprint density at radius 1 is 0.434 bits per heavy atom. The van der Waals surface area contributed by atoms with Crippen LogP contribution in [-0.2, 0) is 10.8 Å². The van der Waals surface area contributed by atoms with Crippen LogP contribution in [0.2, 0.25) is 0 Å². The van der Waals surface area contributed by atoms with Gasteiger partial charge in [0.2, 0.25) is 0 Å². The molecule has 0 unspecified atom stereocenters. The zero-order valence-electron chi connectivity index (χ0n) is 30.0. The number of hydrogen-bond acceptors (Lipinski definition) is 5. The number of rotatable bonds is 4. The predicted octanol–water partition coefficient (Wildman–Crippen LogP) is 11.4. The summed E-state index contributed by atoms with van der Waals surface area (Å²) in [6, 6.07) is 46.2. The lowest BCUT2D eigenvalue weighted by molar-refractivity contribution is 0.480.